The van der Waals surface area contributed by atoms with Crippen molar-refractivity contribution >= 4 is 23.1 Å². The zero-order valence-corrected chi connectivity index (χ0v) is 13.3. The summed E-state index contributed by atoms with van der Waals surface area (Å²) >= 11 is 0. The van der Waals surface area contributed by atoms with Gasteiger partial charge in [-0.15, -0.1) is 0 Å². The molecule has 0 saturated heterocycles. The van der Waals surface area contributed by atoms with Gasteiger partial charge in [0, 0.05) is 25.1 Å². The van der Waals surface area contributed by atoms with Crippen LogP contribution in [0.2, 0.25) is 0 Å². The highest BCUT2D eigenvalue weighted by atomic mass is 16.2. The van der Waals surface area contributed by atoms with E-state index in [9.17, 15) is 4.79 Å². The molecule has 0 aromatic heterocycles. The highest BCUT2D eigenvalue weighted by Gasteiger charge is 2.20. The lowest BCUT2D eigenvalue weighted by Gasteiger charge is -2.25. The minimum atomic E-state index is -0.174. The summed E-state index contributed by atoms with van der Waals surface area (Å²) in [4.78, 5) is 19.0. The summed E-state index contributed by atoms with van der Waals surface area (Å²) in [5.74, 6) is 0.574. The number of aliphatic imine (C=N–C) groups is 1. The van der Waals surface area contributed by atoms with Crippen LogP contribution < -0.4 is 15.8 Å². The van der Waals surface area contributed by atoms with Crippen LogP contribution in [0.15, 0.2) is 59.6 Å². The number of amidine groups is 1. The van der Waals surface area contributed by atoms with E-state index in [1.54, 1.807) is 12.1 Å². The van der Waals surface area contributed by atoms with E-state index in [0.29, 0.717) is 5.56 Å². The molecule has 23 heavy (non-hydrogen) atoms. The Hall–Kier alpha value is -2.82. The SMILES string of the molecule is CC1CC(NNC(=O)c2ccccc2)=Nc2ccccc2N1C. The summed E-state index contributed by atoms with van der Waals surface area (Å²) in [5.41, 5.74) is 8.30. The lowest BCUT2D eigenvalue weighted by Crippen LogP contribution is -2.43. The molecule has 0 fully saturated rings. The van der Waals surface area contributed by atoms with Gasteiger partial charge < -0.3 is 4.90 Å². The summed E-state index contributed by atoms with van der Waals surface area (Å²) in [6, 6.07) is 17.4. The van der Waals surface area contributed by atoms with Gasteiger partial charge in [-0.25, -0.2) is 4.99 Å². The van der Waals surface area contributed by atoms with Crippen molar-refractivity contribution in [2.45, 2.75) is 19.4 Å². The highest BCUT2D eigenvalue weighted by molar-refractivity contribution is 5.97. The average Bonchev–Trinajstić information content (AvgIpc) is 2.71. The standard InChI is InChI=1S/C18H20N4O/c1-13-12-17(19-15-10-6-7-11-16(15)22(13)2)20-21-18(23)14-8-4-3-5-9-14/h3-11,13H,12H2,1-2H3,(H,19,20)(H,21,23). The van der Waals surface area contributed by atoms with E-state index in [-0.39, 0.29) is 11.9 Å². The van der Waals surface area contributed by atoms with Gasteiger partial charge in [0.05, 0.1) is 11.4 Å². The van der Waals surface area contributed by atoms with Crippen LogP contribution in [0.4, 0.5) is 11.4 Å². The molecule has 1 amide bonds. The fourth-order valence-corrected chi connectivity index (χ4v) is 2.57. The number of para-hydroxylation sites is 2. The molecule has 118 valence electrons. The third-order valence-corrected chi connectivity index (χ3v) is 4.02. The second-order valence-corrected chi connectivity index (χ2v) is 5.66. The van der Waals surface area contributed by atoms with E-state index < -0.39 is 0 Å². The Bertz CT molecular complexity index is 727. The first-order valence-electron chi connectivity index (χ1n) is 7.66. The molecule has 3 rings (SSSR count). The number of nitrogens with zero attached hydrogens (tertiary/aromatic N) is 2. The number of fused-ring (bicyclic) bond motifs is 1. The van der Waals surface area contributed by atoms with Gasteiger partial charge in [0.2, 0.25) is 0 Å². The molecule has 0 aliphatic carbocycles. The third kappa shape index (κ3) is 3.34. The van der Waals surface area contributed by atoms with E-state index in [0.717, 1.165) is 23.6 Å². The molecule has 2 aromatic carbocycles. The van der Waals surface area contributed by atoms with Gasteiger partial charge in [-0.05, 0) is 31.2 Å². The van der Waals surface area contributed by atoms with Crippen molar-refractivity contribution in [3.8, 4) is 0 Å². The van der Waals surface area contributed by atoms with Crippen LogP contribution in [0, 0.1) is 0 Å². The molecule has 0 saturated carbocycles. The van der Waals surface area contributed by atoms with Crippen molar-refractivity contribution in [2.24, 2.45) is 4.99 Å². The van der Waals surface area contributed by atoms with Crippen LogP contribution >= 0.6 is 0 Å². The molecule has 5 heteroatoms. The Morgan fingerprint density at radius 1 is 1.13 bits per heavy atom. The molecule has 2 aromatic rings. The van der Waals surface area contributed by atoms with Crippen LogP contribution in [0.1, 0.15) is 23.7 Å². The van der Waals surface area contributed by atoms with Crippen molar-refractivity contribution in [3.63, 3.8) is 0 Å². The predicted octanol–water partition coefficient (Wildman–Crippen LogP) is 2.88. The molecule has 1 aliphatic rings. The highest BCUT2D eigenvalue weighted by Crippen LogP contribution is 2.31. The monoisotopic (exact) mass is 308 g/mol. The molecule has 1 unspecified atom stereocenters. The number of anilines is 1. The third-order valence-electron chi connectivity index (χ3n) is 4.02. The Balaban J connectivity index is 1.76. The number of amides is 1. The van der Waals surface area contributed by atoms with Gasteiger partial charge in [-0.2, -0.15) is 0 Å². The predicted molar refractivity (Wildman–Crippen MR) is 93.1 cm³/mol. The fraction of sp³-hybridized carbons (Fsp3) is 0.222. The van der Waals surface area contributed by atoms with E-state index in [1.807, 2.05) is 36.4 Å². The van der Waals surface area contributed by atoms with Gasteiger partial charge in [0.25, 0.3) is 5.91 Å². The van der Waals surface area contributed by atoms with Crippen molar-refractivity contribution < 1.29 is 4.79 Å². The Morgan fingerprint density at radius 3 is 2.61 bits per heavy atom. The molecule has 0 radical (unpaired) electrons. The first-order chi connectivity index (χ1) is 11.1. The molecule has 1 aliphatic heterocycles. The first-order valence-corrected chi connectivity index (χ1v) is 7.66. The summed E-state index contributed by atoms with van der Waals surface area (Å²) in [6.45, 7) is 2.14. The zero-order valence-electron chi connectivity index (χ0n) is 13.3. The molecular weight excluding hydrogens is 288 g/mol. The molecule has 0 bridgehead atoms. The number of carbonyl (C=O) groups excluding carboxylic acids is 1. The zero-order chi connectivity index (χ0) is 16.2. The second-order valence-electron chi connectivity index (χ2n) is 5.66. The van der Waals surface area contributed by atoms with Crippen LogP contribution in [0.3, 0.4) is 0 Å². The maximum absolute atomic E-state index is 12.1. The van der Waals surface area contributed by atoms with Gasteiger partial charge in [-0.1, -0.05) is 30.3 Å². The molecule has 5 nitrogen and oxygen atoms in total. The van der Waals surface area contributed by atoms with Crippen molar-refractivity contribution in [2.75, 3.05) is 11.9 Å². The molecular formula is C18H20N4O. The normalized spacial score (nSPS) is 16.9. The summed E-state index contributed by atoms with van der Waals surface area (Å²) in [5, 5.41) is 0. The molecule has 1 heterocycles. The average molecular weight is 308 g/mol. The van der Waals surface area contributed by atoms with E-state index >= 15 is 0 Å². The van der Waals surface area contributed by atoms with Crippen molar-refractivity contribution in [1.82, 2.24) is 10.9 Å². The van der Waals surface area contributed by atoms with Crippen LogP contribution in [0.25, 0.3) is 0 Å². The minimum absolute atomic E-state index is 0.174. The number of hydrazine groups is 1. The summed E-state index contributed by atoms with van der Waals surface area (Å²) in [6.07, 6.45) is 0.722. The number of benzene rings is 2. The number of hydrogen-bond donors (Lipinski definition) is 2. The lowest BCUT2D eigenvalue weighted by molar-refractivity contribution is 0.0943. The van der Waals surface area contributed by atoms with Crippen LogP contribution in [0.5, 0.6) is 0 Å². The summed E-state index contributed by atoms with van der Waals surface area (Å²) < 4.78 is 0. The lowest BCUT2D eigenvalue weighted by atomic mass is 10.2. The molecule has 1 atom stereocenters. The maximum Gasteiger partial charge on any atom is 0.269 e. The van der Waals surface area contributed by atoms with E-state index in [2.05, 4.69) is 40.8 Å². The maximum atomic E-state index is 12.1. The number of carbonyl (C=O) groups is 1. The van der Waals surface area contributed by atoms with Gasteiger partial charge >= 0.3 is 0 Å². The minimum Gasteiger partial charge on any atom is -0.370 e. The molecule has 2 N–H and O–H groups in total. The van der Waals surface area contributed by atoms with Crippen molar-refractivity contribution in [3.05, 3.63) is 60.2 Å². The van der Waals surface area contributed by atoms with Gasteiger partial charge in [0.1, 0.15) is 5.84 Å². The van der Waals surface area contributed by atoms with Gasteiger partial charge in [0.15, 0.2) is 0 Å². The largest absolute Gasteiger partial charge is 0.370 e. The van der Waals surface area contributed by atoms with E-state index in [4.69, 9.17) is 0 Å². The van der Waals surface area contributed by atoms with Gasteiger partial charge in [-0.3, -0.25) is 15.6 Å². The Labute approximate surface area is 136 Å². The first kappa shape index (κ1) is 15.1. The summed E-state index contributed by atoms with van der Waals surface area (Å²) in [7, 11) is 2.06. The van der Waals surface area contributed by atoms with E-state index in [1.165, 1.54) is 0 Å². The fourth-order valence-electron chi connectivity index (χ4n) is 2.57. The van der Waals surface area contributed by atoms with Crippen LogP contribution in [-0.2, 0) is 0 Å². The second kappa shape index (κ2) is 6.52. The smallest absolute Gasteiger partial charge is 0.269 e. The Kier molecular flexibility index (Phi) is 4.28. The Morgan fingerprint density at radius 2 is 1.83 bits per heavy atom. The number of rotatable bonds is 1. The molecule has 0 spiro atoms. The van der Waals surface area contributed by atoms with Crippen molar-refractivity contribution in [1.29, 1.82) is 0 Å². The quantitative estimate of drug-likeness (QED) is 0.797. The van der Waals surface area contributed by atoms with Crippen LogP contribution in [-0.4, -0.2) is 24.8 Å². The topological polar surface area (TPSA) is 56.7 Å². The number of nitrogens with one attached hydrogen (secondary N) is 2. The number of hydrogen-bond acceptors (Lipinski definition) is 4.